The maximum absolute atomic E-state index is 11.5. The Labute approximate surface area is 118 Å². The van der Waals surface area contributed by atoms with Gasteiger partial charge in [-0.15, -0.1) is 0 Å². The van der Waals surface area contributed by atoms with Gasteiger partial charge in [0.15, 0.2) is 0 Å². The zero-order valence-electron chi connectivity index (χ0n) is 11.6. The smallest absolute Gasteiger partial charge is 0.315 e. The largest absolute Gasteiger partial charge is 0.492 e. The molecule has 110 valence electrons. The lowest BCUT2D eigenvalue weighted by Gasteiger charge is -2.18. The molecule has 3 N–H and O–H groups in total. The number of aliphatic carboxylic acids is 1. The SMILES string of the molecule is CC(NC(=O)NCCOc1ccccc1)C(C)C(=O)O. The second-order valence-corrected chi connectivity index (χ2v) is 4.48. The minimum absolute atomic E-state index is 0.342. The number of ether oxygens (including phenoxy) is 1. The van der Waals surface area contributed by atoms with E-state index in [-0.39, 0.29) is 0 Å². The van der Waals surface area contributed by atoms with Crippen LogP contribution in [0.1, 0.15) is 13.8 Å². The van der Waals surface area contributed by atoms with Crippen LogP contribution in [0.25, 0.3) is 0 Å². The van der Waals surface area contributed by atoms with Crippen LogP contribution in [0.3, 0.4) is 0 Å². The highest BCUT2D eigenvalue weighted by Crippen LogP contribution is 2.07. The van der Waals surface area contributed by atoms with Crippen LogP contribution in [-0.4, -0.2) is 36.3 Å². The molecule has 0 aliphatic heterocycles. The molecule has 0 bridgehead atoms. The maximum atomic E-state index is 11.5. The fourth-order valence-corrected chi connectivity index (χ4v) is 1.45. The van der Waals surface area contributed by atoms with E-state index in [0.29, 0.717) is 13.2 Å². The second kappa shape index (κ2) is 8.04. The fraction of sp³-hybridized carbons (Fsp3) is 0.429. The Hall–Kier alpha value is -2.24. The molecule has 6 heteroatoms. The molecule has 1 aromatic carbocycles. The van der Waals surface area contributed by atoms with Gasteiger partial charge in [-0.3, -0.25) is 4.79 Å². The third kappa shape index (κ3) is 5.60. The third-order valence-corrected chi connectivity index (χ3v) is 2.90. The van der Waals surface area contributed by atoms with Crippen LogP contribution in [0.2, 0.25) is 0 Å². The average molecular weight is 280 g/mol. The number of benzene rings is 1. The molecule has 1 aromatic rings. The molecule has 0 aliphatic carbocycles. The van der Waals surface area contributed by atoms with Crippen molar-refractivity contribution < 1.29 is 19.4 Å². The highest BCUT2D eigenvalue weighted by Gasteiger charge is 2.20. The molecule has 0 fully saturated rings. The summed E-state index contributed by atoms with van der Waals surface area (Å²) in [5, 5.41) is 14.0. The average Bonchev–Trinajstić information content (AvgIpc) is 2.43. The zero-order valence-corrected chi connectivity index (χ0v) is 11.6. The summed E-state index contributed by atoms with van der Waals surface area (Å²) in [5.74, 6) is -0.839. The van der Waals surface area contributed by atoms with Gasteiger partial charge in [0.25, 0.3) is 0 Å². The molecule has 6 nitrogen and oxygen atoms in total. The van der Waals surface area contributed by atoms with E-state index < -0.39 is 24.0 Å². The minimum atomic E-state index is -0.940. The third-order valence-electron chi connectivity index (χ3n) is 2.90. The van der Waals surface area contributed by atoms with Gasteiger partial charge in [0.1, 0.15) is 12.4 Å². The molecular weight excluding hydrogens is 260 g/mol. The van der Waals surface area contributed by atoms with Crippen molar-refractivity contribution in [2.45, 2.75) is 19.9 Å². The van der Waals surface area contributed by atoms with Crippen LogP contribution in [0.15, 0.2) is 30.3 Å². The first-order valence-corrected chi connectivity index (χ1v) is 6.45. The van der Waals surface area contributed by atoms with E-state index in [4.69, 9.17) is 9.84 Å². The van der Waals surface area contributed by atoms with E-state index >= 15 is 0 Å². The number of carboxylic acids is 1. The van der Waals surface area contributed by atoms with Gasteiger partial charge >= 0.3 is 12.0 Å². The van der Waals surface area contributed by atoms with Gasteiger partial charge in [0, 0.05) is 6.04 Å². The van der Waals surface area contributed by atoms with Crippen molar-refractivity contribution in [1.29, 1.82) is 0 Å². The van der Waals surface area contributed by atoms with Gasteiger partial charge < -0.3 is 20.5 Å². The molecule has 2 unspecified atom stereocenters. The molecule has 0 saturated carbocycles. The van der Waals surface area contributed by atoms with E-state index in [2.05, 4.69) is 10.6 Å². The molecule has 0 saturated heterocycles. The number of amides is 2. The molecule has 1 rings (SSSR count). The predicted molar refractivity (Wildman–Crippen MR) is 74.7 cm³/mol. The van der Waals surface area contributed by atoms with Crippen molar-refractivity contribution in [1.82, 2.24) is 10.6 Å². The zero-order chi connectivity index (χ0) is 15.0. The number of carbonyl (C=O) groups is 2. The number of carbonyl (C=O) groups excluding carboxylic acids is 1. The second-order valence-electron chi connectivity index (χ2n) is 4.48. The molecular formula is C14H20N2O4. The van der Waals surface area contributed by atoms with Crippen molar-refractivity contribution in [2.75, 3.05) is 13.2 Å². The van der Waals surface area contributed by atoms with Gasteiger partial charge in [-0.1, -0.05) is 18.2 Å². The topological polar surface area (TPSA) is 87.7 Å². The van der Waals surface area contributed by atoms with Gasteiger partial charge in [-0.2, -0.15) is 0 Å². The van der Waals surface area contributed by atoms with Crippen LogP contribution >= 0.6 is 0 Å². The number of para-hydroxylation sites is 1. The molecule has 20 heavy (non-hydrogen) atoms. The van der Waals surface area contributed by atoms with Crippen molar-refractivity contribution in [2.24, 2.45) is 5.92 Å². The highest BCUT2D eigenvalue weighted by atomic mass is 16.5. The van der Waals surface area contributed by atoms with E-state index in [1.165, 1.54) is 0 Å². The monoisotopic (exact) mass is 280 g/mol. The Balaban J connectivity index is 2.19. The lowest BCUT2D eigenvalue weighted by molar-refractivity contribution is -0.141. The van der Waals surface area contributed by atoms with Crippen molar-refractivity contribution in [3.8, 4) is 5.75 Å². The molecule has 2 atom stereocenters. The summed E-state index contributed by atoms with van der Waals surface area (Å²) in [4.78, 5) is 22.3. The van der Waals surface area contributed by atoms with E-state index in [0.717, 1.165) is 5.75 Å². The molecule has 0 aliphatic rings. The Morgan fingerprint density at radius 2 is 1.90 bits per heavy atom. The van der Waals surface area contributed by atoms with E-state index in [1.807, 2.05) is 30.3 Å². The number of urea groups is 1. The summed E-state index contributed by atoms with van der Waals surface area (Å²) < 4.78 is 5.41. The van der Waals surface area contributed by atoms with Crippen molar-refractivity contribution >= 4 is 12.0 Å². The van der Waals surface area contributed by atoms with Gasteiger partial charge in [-0.05, 0) is 26.0 Å². The number of nitrogens with one attached hydrogen (secondary N) is 2. The van der Waals surface area contributed by atoms with Crippen LogP contribution < -0.4 is 15.4 Å². The summed E-state index contributed by atoms with van der Waals surface area (Å²) in [6.45, 7) is 3.89. The van der Waals surface area contributed by atoms with Gasteiger partial charge in [0.05, 0.1) is 12.5 Å². The first-order valence-electron chi connectivity index (χ1n) is 6.45. The first-order chi connectivity index (χ1) is 9.50. The summed E-state index contributed by atoms with van der Waals surface area (Å²) in [6.07, 6.45) is 0. The number of rotatable bonds is 7. The maximum Gasteiger partial charge on any atom is 0.315 e. The predicted octanol–water partition coefficient (Wildman–Crippen LogP) is 1.47. The Kier molecular flexibility index (Phi) is 6.36. The molecule has 0 heterocycles. The summed E-state index contributed by atoms with van der Waals surface area (Å²) in [7, 11) is 0. The molecule has 2 amide bonds. The molecule has 0 radical (unpaired) electrons. The number of hydrogen-bond acceptors (Lipinski definition) is 3. The fourth-order valence-electron chi connectivity index (χ4n) is 1.45. The van der Waals surface area contributed by atoms with Crippen molar-refractivity contribution in [3.63, 3.8) is 0 Å². The number of carboxylic acid groups (broad SMARTS) is 1. The van der Waals surface area contributed by atoms with Crippen LogP contribution in [0.4, 0.5) is 4.79 Å². The minimum Gasteiger partial charge on any atom is -0.492 e. The normalized spacial score (nSPS) is 13.1. The van der Waals surface area contributed by atoms with Crippen molar-refractivity contribution in [3.05, 3.63) is 30.3 Å². The van der Waals surface area contributed by atoms with Crippen LogP contribution in [0, 0.1) is 5.92 Å². The molecule has 0 spiro atoms. The summed E-state index contributed by atoms with van der Waals surface area (Å²) in [5.41, 5.74) is 0. The summed E-state index contributed by atoms with van der Waals surface area (Å²) in [6, 6.07) is 8.44. The quantitative estimate of drug-likeness (QED) is 0.660. The van der Waals surface area contributed by atoms with Gasteiger partial charge in [0.2, 0.25) is 0 Å². The lowest BCUT2D eigenvalue weighted by Crippen LogP contribution is -2.46. The van der Waals surface area contributed by atoms with Crippen LogP contribution in [0.5, 0.6) is 5.75 Å². The van der Waals surface area contributed by atoms with E-state index in [9.17, 15) is 9.59 Å². The number of hydrogen-bond donors (Lipinski definition) is 3. The first kappa shape index (κ1) is 15.8. The highest BCUT2D eigenvalue weighted by molar-refractivity contribution is 5.76. The Morgan fingerprint density at radius 1 is 1.25 bits per heavy atom. The molecule has 0 aromatic heterocycles. The van der Waals surface area contributed by atoms with Crippen LogP contribution in [-0.2, 0) is 4.79 Å². The Morgan fingerprint density at radius 3 is 2.50 bits per heavy atom. The standard InChI is InChI=1S/C14H20N2O4/c1-10(13(17)18)11(2)16-14(19)15-8-9-20-12-6-4-3-5-7-12/h3-7,10-11H,8-9H2,1-2H3,(H,17,18)(H2,15,16,19). The Bertz CT molecular complexity index is 436. The van der Waals surface area contributed by atoms with Gasteiger partial charge in [-0.25, -0.2) is 4.79 Å². The lowest BCUT2D eigenvalue weighted by atomic mass is 10.0. The summed E-state index contributed by atoms with van der Waals surface area (Å²) >= 11 is 0. The van der Waals surface area contributed by atoms with E-state index in [1.54, 1.807) is 13.8 Å².